The minimum atomic E-state index is -0.656. The average Bonchev–Trinajstić information content (AvgIpc) is 3.69. The van der Waals surface area contributed by atoms with E-state index in [1.54, 1.807) is 6.20 Å². The highest BCUT2D eigenvalue weighted by Crippen LogP contribution is 2.40. The van der Waals surface area contributed by atoms with E-state index in [1.807, 2.05) is 69.4 Å². The summed E-state index contributed by atoms with van der Waals surface area (Å²) in [6.45, 7) is 21.7. The number of rotatable bonds is 9. The van der Waals surface area contributed by atoms with E-state index in [4.69, 9.17) is 11.5 Å². The Hall–Kier alpha value is -5.91. The number of fused-ring (bicyclic) bond motifs is 3. The normalized spacial score (nSPS) is 11.8. The molecule has 0 aliphatic carbocycles. The van der Waals surface area contributed by atoms with E-state index in [1.165, 1.54) is 70.3 Å². The topological polar surface area (TPSA) is 64.9 Å². The van der Waals surface area contributed by atoms with Crippen molar-refractivity contribution >= 4 is 37.6 Å². The molecule has 0 radical (unpaired) electrons. The molecule has 4 heteroatoms. The van der Waals surface area contributed by atoms with Crippen molar-refractivity contribution in [2.45, 2.75) is 94.0 Å². The van der Waals surface area contributed by atoms with Gasteiger partial charge in [-0.25, -0.2) is 0 Å². The van der Waals surface area contributed by atoms with Gasteiger partial charge in [-0.3, -0.25) is 4.98 Å². The first kappa shape index (κ1) is 50.7. The van der Waals surface area contributed by atoms with Gasteiger partial charge in [-0.1, -0.05) is 161 Å². The van der Waals surface area contributed by atoms with Gasteiger partial charge in [0.25, 0.3) is 0 Å². The number of pyridine rings is 1. The highest BCUT2D eigenvalue weighted by atomic mass is 32.1. The fourth-order valence-corrected chi connectivity index (χ4v) is 8.22. The molecule has 8 aromatic rings. The van der Waals surface area contributed by atoms with Gasteiger partial charge in [-0.05, 0) is 165 Å². The molecule has 6 aromatic carbocycles. The Kier molecular flexibility index (Phi) is 20.6. The Morgan fingerprint density at radius 1 is 0.641 bits per heavy atom. The van der Waals surface area contributed by atoms with Crippen LogP contribution in [0.25, 0.3) is 48.5 Å². The predicted octanol–water partition coefficient (Wildman–Crippen LogP) is 16.6. The number of aromatic nitrogens is 1. The lowest BCUT2D eigenvalue weighted by atomic mass is 9.82. The second-order valence-corrected chi connectivity index (χ2v) is 17.1. The monoisotopic (exact) mass is 866 g/mol. The van der Waals surface area contributed by atoms with Crippen molar-refractivity contribution < 1.29 is 0 Å². The molecule has 0 bridgehead atoms. The van der Waals surface area contributed by atoms with Crippen molar-refractivity contribution in [3.63, 3.8) is 0 Å². The Morgan fingerprint density at radius 2 is 1.22 bits per heavy atom. The molecular weight excluding hydrogens is 795 g/mol. The molecule has 0 amide bonds. The van der Waals surface area contributed by atoms with Gasteiger partial charge in [0, 0.05) is 32.1 Å². The molecule has 0 aliphatic rings. The van der Waals surface area contributed by atoms with Gasteiger partial charge in [0.15, 0.2) is 0 Å². The summed E-state index contributed by atoms with van der Waals surface area (Å²) in [5.41, 5.74) is 25.9. The molecule has 1 unspecified atom stereocenters. The van der Waals surface area contributed by atoms with Crippen molar-refractivity contribution in [2.75, 3.05) is 6.54 Å². The van der Waals surface area contributed by atoms with Gasteiger partial charge < -0.3 is 11.5 Å². The quantitative estimate of drug-likeness (QED) is 0.142. The third-order valence-electron chi connectivity index (χ3n) is 10.8. The molecule has 1 atom stereocenters. The van der Waals surface area contributed by atoms with Crippen LogP contribution < -0.4 is 11.5 Å². The number of allylic oxidation sites excluding steroid dienone is 3. The molecule has 0 aliphatic heterocycles. The van der Waals surface area contributed by atoms with Crippen LogP contribution in [-0.4, -0.2) is 11.5 Å². The summed E-state index contributed by atoms with van der Waals surface area (Å²) in [7, 11) is 0. The largest absolute Gasteiger partial charge is 0.331 e. The van der Waals surface area contributed by atoms with Crippen LogP contribution in [0.2, 0.25) is 0 Å². The standard InChI is InChI=1S/C42H41NS.C8H10.C6H7N.C2H7N.C2H6/c1-6-7-9-12-28(2)21-33-23-31(17-16-30(33)4)34-24-35(26-37(25-34)42(5,43)36-13-10-8-11-14-36)32-18-20-41-39(27-32)38-22-29(3)15-19-40(38)44-41;1-2-8-6-4-3-5-7-8;1-6-4-2-3-5-7-6;1-2-3;1-2/h8-27H,6-7,43H2,1-5H3;3-7H,2H2,1H3;2-5H,1H3;2-3H2,1H3;1-2H3/b12-9-,28-21+;;;;. The van der Waals surface area contributed by atoms with Crippen LogP contribution in [0, 0.1) is 20.8 Å². The fraction of sp³-hybridized carbons (Fsp3) is 0.250. The second kappa shape index (κ2) is 26.0. The van der Waals surface area contributed by atoms with Gasteiger partial charge in [0.2, 0.25) is 0 Å². The minimum absolute atomic E-state index is 0.656. The number of thiophene rings is 1. The molecule has 8 rings (SSSR count). The number of hydrogen-bond acceptors (Lipinski definition) is 4. The smallest absolute Gasteiger partial charge is 0.0637 e. The zero-order valence-corrected chi connectivity index (χ0v) is 40.9. The van der Waals surface area contributed by atoms with E-state index >= 15 is 0 Å². The Morgan fingerprint density at radius 3 is 1.78 bits per heavy atom. The summed E-state index contributed by atoms with van der Waals surface area (Å²) in [6, 6.07) is 54.1. The maximum Gasteiger partial charge on any atom is 0.0637 e. The molecule has 4 N–H and O–H groups in total. The van der Waals surface area contributed by atoms with Gasteiger partial charge in [0.1, 0.15) is 0 Å². The van der Waals surface area contributed by atoms with Gasteiger partial charge in [-0.2, -0.15) is 0 Å². The zero-order valence-electron chi connectivity index (χ0n) is 40.1. The first-order chi connectivity index (χ1) is 31.0. The average molecular weight is 866 g/mol. The first-order valence-corrected chi connectivity index (χ1v) is 23.8. The number of aryl methyl sites for hydroxylation is 4. The molecule has 0 spiro atoms. The predicted molar refractivity (Wildman–Crippen MR) is 285 cm³/mol. The summed E-state index contributed by atoms with van der Waals surface area (Å²) < 4.78 is 2.65. The van der Waals surface area contributed by atoms with Crippen LogP contribution in [0.4, 0.5) is 0 Å². The van der Waals surface area contributed by atoms with Gasteiger partial charge in [0.05, 0.1) is 5.54 Å². The highest BCUT2D eigenvalue weighted by molar-refractivity contribution is 7.25. The van der Waals surface area contributed by atoms with Crippen LogP contribution >= 0.6 is 11.3 Å². The summed E-state index contributed by atoms with van der Waals surface area (Å²) in [4.78, 5) is 3.98. The van der Waals surface area contributed by atoms with Crippen LogP contribution in [0.5, 0.6) is 0 Å². The summed E-state index contributed by atoms with van der Waals surface area (Å²) in [6.07, 6.45) is 12.0. The molecule has 332 valence electrons. The van der Waals surface area contributed by atoms with Crippen LogP contribution in [0.1, 0.15) is 100 Å². The summed E-state index contributed by atoms with van der Waals surface area (Å²) in [5, 5.41) is 2.64. The zero-order chi connectivity index (χ0) is 46.5. The lowest BCUT2D eigenvalue weighted by molar-refractivity contribution is 0.603. The third-order valence-corrected chi connectivity index (χ3v) is 11.9. The number of nitrogens with two attached hydrogens (primary N) is 2. The van der Waals surface area contributed by atoms with E-state index in [2.05, 4.69) is 186 Å². The molecule has 2 aromatic heterocycles. The maximum atomic E-state index is 7.18. The molecule has 3 nitrogen and oxygen atoms in total. The van der Waals surface area contributed by atoms with Crippen LogP contribution in [-0.2, 0) is 12.0 Å². The first-order valence-electron chi connectivity index (χ1n) is 23.0. The van der Waals surface area contributed by atoms with E-state index in [9.17, 15) is 0 Å². The number of nitrogens with zero attached hydrogens (tertiary/aromatic N) is 1. The van der Waals surface area contributed by atoms with E-state index < -0.39 is 5.54 Å². The minimum Gasteiger partial charge on any atom is -0.331 e. The number of hydrogen-bond donors (Lipinski definition) is 2. The lowest BCUT2D eigenvalue weighted by Crippen LogP contribution is -2.34. The Balaban J connectivity index is 0.000000370. The van der Waals surface area contributed by atoms with Crippen molar-refractivity contribution in [1.29, 1.82) is 0 Å². The van der Waals surface area contributed by atoms with E-state index in [0.717, 1.165) is 42.6 Å². The molecule has 0 fully saturated rings. The van der Waals surface area contributed by atoms with E-state index in [-0.39, 0.29) is 0 Å². The van der Waals surface area contributed by atoms with Crippen molar-refractivity contribution in [2.24, 2.45) is 11.5 Å². The Labute approximate surface area is 389 Å². The van der Waals surface area contributed by atoms with Crippen LogP contribution in [0.3, 0.4) is 0 Å². The Bertz CT molecular complexity index is 2670. The molecule has 0 saturated heterocycles. The molecular formula is C60H71N3S. The molecule has 0 saturated carbocycles. The maximum absolute atomic E-state index is 7.18. The highest BCUT2D eigenvalue weighted by Gasteiger charge is 2.25. The fourth-order valence-electron chi connectivity index (χ4n) is 7.15. The van der Waals surface area contributed by atoms with Crippen molar-refractivity contribution in [1.82, 2.24) is 4.98 Å². The molecule has 64 heavy (non-hydrogen) atoms. The number of unbranched alkanes of at least 4 members (excludes halogenated alkanes) is 1. The van der Waals surface area contributed by atoms with E-state index in [0.29, 0.717) is 0 Å². The molecule has 2 heterocycles. The number of benzene rings is 6. The second-order valence-electron chi connectivity index (χ2n) is 16.0. The van der Waals surface area contributed by atoms with Crippen molar-refractivity contribution in [3.8, 4) is 22.3 Å². The van der Waals surface area contributed by atoms with Crippen LogP contribution in [0.15, 0.2) is 176 Å². The lowest BCUT2D eigenvalue weighted by Gasteiger charge is -2.27. The summed E-state index contributed by atoms with van der Waals surface area (Å²) in [5.74, 6) is 0. The van der Waals surface area contributed by atoms with Crippen molar-refractivity contribution in [3.05, 3.63) is 215 Å². The third kappa shape index (κ3) is 14.6. The van der Waals surface area contributed by atoms with Gasteiger partial charge >= 0.3 is 0 Å². The summed E-state index contributed by atoms with van der Waals surface area (Å²) >= 11 is 1.86. The van der Waals surface area contributed by atoms with Gasteiger partial charge in [-0.15, -0.1) is 11.3 Å². The SMILES string of the molecule is CC.CCC/C=C\C(C)=C\c1cc(-c2cc(-c3ccc4sc5ccc(C)cc5c4c3)cc(C(C)(N)c3ccccc3)c2)ccc1C.CCN.CCc1ccccc1.Cc1ccccn1.